The van der Waals surface area contributed by atoms with Crippen molar-refractivity contribution in [1.82, 2.24) is 15.5 Å². The van der Waals surface area contributed by atoms with Gasteiger partial charge in [0.2, 0.25) is 11.8 Å². The lowest BCUT2D eigenvalue weighted by Gasteiger charge is -2.31. The average Bonchev–Trinajstić information content (AvgIpc) is 3.18. The lowest BCUT2D eigenvalue weighted by Crippen LogP contribution is -2.55. The van der Waals surface area contributed by atoms with Crippen LogP contribution in [0.2, 0.25) is 0 Å². The molecule has 0 aliphatic carbocycles. The van der Waals surface area contributed by atoms with Crippen LogP contribution in [0.25, 0.3) is 0 Å². The standard InChI is InChI=1S/C24H28F2N4O3/c1-13(2)19(28-22(31)14(3)27-4)24(33)30-12-15-8-5-6-9-16(15)21(30)23(32)29-20-17(25)10-7-11-18(20)26/h5-11,13-14,19,21,27H,12H2,1-4H3,(H,28,31)(H,29,32)/t14-,19-,21+/m0/s1. The quantitative estimate of drug-likeness (QED) is 0.595. The number of hydrogen-bond acceptors (Lipinski definition) is 4. The first-order valence-corrected chi connectivity index (χ1v) is 10.8. The van der Waals surface area contributed by atoms with E-state index in [0.29, 0.717) is 5.56 Å². The van der Waals surface area contributed by atoms with E-state index in [1.54, 1.807) is 52.1 Å². The van der Waals surface area contributed by atoms with Crippen LogP contribution in [0.15, 0.2) is 42.5 Å². The topological polar surface area (TPSA) is 90.5 Å². The molecule has 3 amide bonds. The van der Waals surface area contributed by atoms with E-state index in [1.807, 2.05) is 0 Å². The van der Waals surface area contributed by atoms with E-state index in [0.717, 1.165) is 17.7 Å². The fourth-order valence-corrected chi connectivity index (χ4v) is 3.79. The van der Waals surface area contributed by atoms with Crippen LogP contribution < -0.4 is 16.0 Å². The first kappa shape index (κ1) is 24.3. The summed E-state index contributed by atoms with van der Waals surface area (Å²) in [6.45, 7) is 5.38. The maximum Gasteiger partial charge on any atom is 0.252 e. The molecular formula is C24H28F2N4O3. The molecule has 3 N–H and O–H groups in total. The average molecular weight is 459 g/mol. The van der Waals surface area contributed by atoms with Gasteiger partial charge in [-0.15, -0.1) is 0 Å². The minimum Gasteiger partial charge on any atom is -0.343 e. The van der Waals surface area contributed by atoms with Crippen molar-refractivity contribution in [2.45, 2.75) is 45.4 Å². The number of anilines is 1. The summed E-state index contributed by atoms with van der Waals surface area (Å²) in [6, 6.07) is 7.78. The van der Waals surface area contributed by atoms with Gasteiger partial charge in [-0.05, 0) is 43.1 Å². The number of para-hydroxylation sites is 1. The molecule has 7 nitrogen and oxygen atoms in total. The normalized spacial score (nSPS) is 16.8. The molecule has 0 spiro atoms. The van der Waals surface area contributed by atoms with Crippen LogP contribution in [0, 0.1) is 17.6 Å². The summed E-state index contributed by atoms with van der Waals surface area (Å²) in [4.78, 5) is 40.6. The van der Waals surface area contributed by atoms with Gasteiger partial charge in [0.25, 0.3) is 5.91 Å². The number of likely N-dealkylation sites (N-methyl/N-ethyl adjacent to an activating group) is 1. The largest absolute Gasteiger partial charge is 0.343 e. The third-order valence-corrected chi connectivity index (χ3v) is 5.80. The molecule has 0 fully saturated rings. The zero-order valence-corrected chi connectivity index (χ0v) is 19.0. The Morgan fingerprint density at radius 1 is 1.00 bits per heavy atom. The molecule has 3 atom stereocenters. The second-order valence-corrected chi connectivity index (χ2v) is 8.39. The van der Waals surface area contributed by atoms with E-state index in [-0.39, 0.29) is 18.4 Å². The molecule has 0 radical (unpaired) electrons. The number of carbonyl (C=O) groups is 3. The number of nitrogens with one attached hydrogen (secondary N) is 3. The van der Waals surface area contributed by atoms with Crippen LogP contribution in [-0.4, -0.2) is 41.8 Å². The van der Waals surface area contributed by atoms with E-state index in [2.05, 4.69) is 16.0 Å². The predicted octanol–water partition coefficient (Wildman–Crippen LogP) is 2.74. The first-order valence-electron chi connectivity index (χ1n) is 10.8. The number of amides is 3. The molecule has 9 heteroatoms. The molecule has 0 saturated heterocycles. The molecule has 33 heavy (non-hydrogen) atoms. The second kappa shape index (κ2) is 10.1. The SMILES string of the molecule is CN[C@@H](C)C(=O)N[C@H](C(=O)N1Cc2ccccc2[C@@H]1C(=O)Nc1c(F)cccc1F)C(C)C. The molecule has 1 heterocycles. The van der Waals surface area contributed by atoms with Crippen molar-refractivity contribution in [2.24, 2.45) is 5.92 Å². The number of hydrogen-bond donors (Lipinski definition) is 3. The van der Waals surface area contributed by atoms with Crippen LogP contribution in [0.5, 0.6) is 0 Å². The lowest BCUT2D eigenvalue weighted by molar-refractivity contribution is -0.143. The van der Waals surface area contributed by atoms with Crippen LogP contribution in [0.1, 0.15) is 37.9 Å². The van der Waals surface area contributed by atoms with Crippen molar-refractivity contribution >= 4 is 23.4 Å². The summed E-state index contributed by atoms with van der Waals surface area (Å²) in [5.41, 5.74) is 0.741. The van der Waals surface area contributed by atoms with Gasteiger partial charge in [0.15, 0.2) is 0 Å². The number of benzene rings is 2. The van der Waals surface area contributed by atoms with Crippen molar-refractivity contribution < 1.29 is 23.2 Å². The number of halogens is 2. The molecule has 0 bridgehead atoms. The molecular weight excluding hydrogens is 430 g/mol. The highest BCUT2D eigenvalue weighted by atomic mass is 19.1. The van der Waals surface area contributed by atoms with E-state index < -0.39 is 47.3 Å². The molecule has 2 aromatic rings. The van der Waals surface area contributed by atoms with E-state index in [4.69, 9.17) is 0 Å². The highest BCUT2D eigenvalue weighted by Gasteiger charge is 2.42. The smallest absolute Gasteiger partial charge is 0.252 e. The van der Waals surface area contributed by atoms with E-state index in [1.165, 1.54) is 11.0 Å². The fourth-order valence-electron chi connectivity index (χ4n) is 3.79. The summed E-state index contributed by atoms with van der Waals surface area (Å²) in [7, 11) is 1.63. The van der Waals surface area contributed by atoms with Crippen molar-refractivity contribution in [3.05, 3.63) is 65.2 Å². The van der Waals surface area contributed by atoms with Crippen LogP contribution in [0.3, 0.4) is 0 Å². The number of nitrogens with zero attached hydrogens (tertiary/aromatic N) is 1. The molecule has 1 aliphatic heterocycles. The van der Waals surface area contributed by atoms with Crippen LogP contribution >= 0.6 is 0 Å². The third-order valence-electron chi connectivity index (χ3n) is 5.80. The second-order valence-electron chi connectivity index (χ2n) is 8.39. The van der Waals surface area contributed by atoms with Crippen LogP contribution in [-0.2, 0) is 20.9 Å². The van der Waals surface area contributed by atoms with Crippen molar-refractivity contribution in [2.75, 3.05) is 12.4 Å². The third kappa shape index (κ3) is 5.03. The maximum absolute atomic E-state index is 14.1. The maximum atomic E-state index is 14.1. The van der Waals surface area contributed by atoms with E-state index in [9.17, 15) is 23.2 Å². The van der Waals surface area contributed by atoms with Crippen molar-refractivity contribution in [3.8, 4) is 0 Å². The van der Waals surface area contributed by atoms with Gasteiger partial charge in [0, 0.05) is 6.54 Å². The van der Waals surface area contributed by atoms with Gasteiger partial charge in [-0.2, -0.15) is 0 Å². The number of fused-ring (bicyclic) bond motifs is 1. The molecule has 0 aromatic heterocycles. The minimum atomic E-state index is -1.10. The minimum absolute atomic E-state index is 0.132. The predicted molar refractivity (Wildman–Crippen MR) is 120 cm³/mol. The highest BCUT2D eigenvalue weighted by Crippen LogP contribution is 2.36. The zero-order chi connectivity index (χ0) is 24.3. The Hall–Kier alpha value is -3.33. The summed E-state index contributed by atoms with van der Waals surface area (Å²) >= 11 is 0. The van der Waals surface area contributed by atoms with Gasteiger partial charge < -0.3 is 20.9 Å². The summed E-state index contributed by atoms with van der Waals surface area (Å²) < 4.78 is 28.3. The van der Waals surface area contributed by atoms with Crippen molar-refractivity contribution in [3.63, 3.8) is 0 Å². The van der Waals surface area contributed by atoms with Gasteiger partial charge in [-0.25, -0.2) is 8.78 Å². The van der Waals surface area contributed by atoms with E-state index >= 15 is 0 Å². The number of carbonyl (C=O) groups excluding carboxylic acids is 3. The first-order chi connectivity index (χ1) is 15.6. The van der Waals surface area contributed by atoms with Gasteiger partial charge in [0.05, 0.1) is 6.04 Å². The Bertz CT molecular complexity index is 1040. The Labute approximate surface area is 191 Å². The van der Waals surface area contributed by atoms with Gasteiger partial charge in [-0.3, -0.25) is 14.4 Å². The molecule has 0 unspecified atom stereocenters. The van der Waals surface area contributed by atoms with Gasteiger partial charge >= 0.3 is 0 Å². The molecule has 0 saturated carbocycles. The summed E-state index contributed by atoms with van der Waals surface area (Å²) in [5, 5.41) is 7.88. The van der Waals surface area contributed by atoms with Crippen LogP contribution in [0.4, 0.5) is 14.5 Å². The van der Waals surface area contributed by atoms with Gasteiger partial charge in [-0.1, -0.05) is 44.2 Å². The Kier molecular flexibility index (Phi) is 7.43. The highest BCUT2D eigenvalue weighted by molar-refractivity contribution is 6.00. The Balaban J connectivity index is 1.93. The van der Waals surface area contributed by atoms with Gasteiger partial charge in [0.1, 0.15) is 29.4 Å². The number of rotatable bonds is 7. The van der Waals surface area contributed by atoms with Crippen molar-refractivity contribution in [1.29, 1.82) is 0 Å². The fraction of sp³-hybridized carbons (Fsp3) is 0.375. The Morgan fingerprint density at radius 3 is 2.24 bits per heavy atom. The molecule has 176 valence electrons. The lowest BCUT2D eigenvalue weighted by atomic mass is 10.0. The molecule has 3 rings (SSSR count). The Morgan fingerprint density at radius 2 is 1.64 bits per heavy atom. The summed E-state index contributed by atoms with van der Waals surface area (Å²) in [6.07, 6.45) is 0. The zero-order valence-electron chi connectivity index (χ0n) is 19.0. The molecule has 1 aliphatic rings. The molecule has 2 aromatic carbocycles. The monoisotopic (exact) mass is 458 g/mol. The summed E-state index contributed by atoms with van der Waals surface area (Å²) in [5.74, 6) is -3.64.